The zero-order valence-corrected chi connectivity index (χ0v) is 15.9. The van der Waals surface area contributed by atoms with Gasteiger partial charge in [0.1, 0.15) is 17.3 Å². The van der Waals surface area contributed by atoms with Crippen molar-refractivity contribution in [1.29, 1.82) is 0 Å². The second-order valence-corrected chi connectivity index (χ2v) is 6.79. The monoisotopic (exact) mass is 440 g/mol. The van der Waals surface area contributed by atoms with E-state index >= 15 is 0 Å². The minimum atomic E-state index is -4.60. The molecule has 0 spiro atoms. The molecule has 30 heavy (non-hydrogen) atoms. The number of pyridine rings is 1. The van der Waals surface area contributed by atoms with Gasteiger partial charge in [0, 0.05) is 18.7 Å². The van der Waals surface area contributed by atoms with Crippen molar-refractivity contribution in [2.45, 2.75) is 12.1 Å². The van der Waals surface area contributed by atoms with Crippen LogP contribution in [-0.2, 0) is 6.18 Å². The molecule has 0 fully saturated rings. The van der Waals surface area contributed by atoms with Gasteiger partial charge in [0.2, 0.25) is 0 Å². The first-order chi connectivity index (χ1) is 14.2. The summed E-state index contributed by atoms with van der Waals surface area (Å²) < 4.78 is 65.7. The number of aromatic nitrogens is 1. The van der Waals surface area contributed by atoms with E-state index in [2.05, 4.69) is 10.3 Å². The molecule has 0 saturated heterocycles. The lowest BCUT2D eigenvalue weighted by Crippen LogP contribution is -2.30. The Bertz CT molecular complexity index is 1020. The molecule has 0 aliphatic carbocycles. The van der Waals surface area contributed by atoms with E-state index in [0.29, 0.717) is 11.1 Å². The van der Waals surface area contributed by atoms with Crippen LogP contribution >= 0.6 is 11.6 Å². The Labute approximate surface area is 173 Å². The van der Waals surface area contributed by atoms with Crippen molar-refractivity contribution < 1.29 is 26.7 Å². The molecule has 1 heterocycles. The maximum absolute atomic E-state index is 14.0. The highest BCUT2D eigenvalue weighted by Crippen LogP contribution is 2.30. The van der Waals surface area contributed by atoms with E-state index in [1.54, 1.807) is 0 Å². The Morgan fingerprint density at radius 1 is 1.00 bits per heavy atom. The van der Waals surface area contributed by atoms with Crippen LogP contribution in [0.3, 0.4) is 0 Å². The number of hydrogen-bond donors (Lipinski definition) is 1. The number of hydrogen-bond acceptors (Lipinski definition) is 2. The SMILES string of the molecule is O=C(NCC(c1ccc(F)cc1)c1ccc(C(F)(F)F)nc1)c1c(F)cccc1Cl. The van der Waals surface area contributed by atoms with E-state index in [0.717, 1.165) is 18.3 Å². The first kappa shape index (κ1) is 21.7. The summed E-state index contributed by atoms with van der Waals surface area (Å²) in [4.78, 5) is 15.9. The predicted octanol–water partition coefficient (Wildman–Crippen LogP) is 5.59. The minimum Gasteiger partial charge on any atom is -0.351 e. The number of nitrogens with zero attached hydrogens (tertiary/aromatic N) is 1. The van der Waals surface area contributed by atoms with Crippen LogP contribution in [0.15, 0.2) is 60.8 Å². The molecule has 0 aliphatic heterocycles. The van der Waals surface area contributed by atoms with E-state index in [1.807, 2.05) is 0 Å². The van der Waals surface area contributed by atoms with Crippen molar-refractivity contribution in [3.05, 3.63) is 99.8 Å². The minimum absolute atomic E-state index is 0.0815. The predicted molar refractivity (Wildman–Crippen MR) is 101 cm³/mol. The van der Waals surface area contributed by atoms with Gasteiger partial charge in [-0.05, 0) is 41.5 Å². The fraction of sp³-hybridized carbons (Fsp3) is 0.143. The second-order valence-electron chi connectivity index (χ2n) is 6.39. The average molecular weight is 441 g/mol. The largest absolute Gasteiger partial charge is 0.433 e. The summed E-state index contributed by atoms with van der Waals surface area (Å²) in [6.07, 6.45) is -3.56. The number of nitrogens with one attached hydrogen (secondary N) is 1. The van der Waals surface area contributed by atoms with Gasteiger partial charge in [0.15, 0.2) is 0 Å². The summed E-state index contributed by atoms with van der Waals surface area (Å²) >= 11 is 5.89. The van der Waals surface area contributed by atoms with Gasteiger partial charge in [-0.3, -0.25) is 9.78 Å². The van der Waals surface area contributed by atoms with E-state index in [4.69, 9.17) is 11.6 Å². The molecule has 156 valence electrons. The van der Waals surface area contributed by atoms with Crippen LogP contribution < -0.4 is 5.32 Å². The second kappa shape index (κ2) is 8.79. The zero-order chi connectivity index (χ0) is 21.9. The van der Waals surface area contributed by atoms with Gasteiger partial charge < -0.3 is 5.32 Å². The number of alkyl halides is 3. The molecule has 1 atom stereocenters. The molecule has 3 aromatic rings. The third-order valence-corrected chi connectivity index (χ3v) is 4.72. The van der Waals surface area contributed by atoms with Gasteiger partial charge in [-0.1, -0.05) is 35.9 Å². The molecule has 0 radical (unpaired) electrons. The molecule has 1 aromatic heterocycles. The first-order valence-corrected chi connectivity index (χ1v) is 9.05. The Balaban J connectivity index is 1.89. The molecular weight excluding hydrogens is 427 g/mol. The lowest BCUT2D eigenvalue weighted by atomic mass is 9.92. The normalized spacial score (nSPS) is 12.5. The van der Waals surface area contributed by atoms with E-state index < -0.39 is 35.3 Å². The third kappa shape index (κ3) is 4.94. The smallest absolute Gasteiger partial charge is 0.351 e. The Kier molecular flexibility index (Phi) is 6.36. The Morgan fingerprint density at radius 2 is 1.67 bits per heavy atom. The topological polar surface area (TPSA) is 42.0 Å². The molecule has 3 rings (SSSR count). The Hall–Kier alpha value is -3.00. The number of rotatable bonds is 5. The van der Waals surface area contributed by atoms with Crippen molar-refractivity contribution in [3.8, 4) is 0 Å². The van der Waals surface area contributed by atoms with Crippen molar-refractivity contribution in [2.24, 2.45) is 0 Å². The fourth-order valence-electron chi connectivity index (χ4n) is 2.90. The molecule has 9 heteroatoms. The molecule has 0 saturated carbocycles. The van der Waals surface area contributed by atoms with Gasteiger partial charge in [0.05, 0.1) is 10.6 Å². The Morgan fingerprint density at radius 3 is 2.23 bits per heavy atom. The molecular formula is C21H14ClF5N2O. The summed E-state index contributed by atoms with van der Waals surface area (Å²) in [5, 5.41) is 2.45. The third-order valence-electron chi connectivity index (χ3n) is 4.41. The summed E-state index contributed by atoms with van der Waals surface area (Å²) in [5.41, 5.74) is -0.527. The summed E-state index contributed by atoms with van der Waals surface area (Å²) in [6, 6.07) is 11.1. The van der Waals surface area contributed by atoms with Crippen LogP contribution in [0.4, 0.5) is 22.0 Å². The van der Waals surface area contributed by atoms with E-state index in [1.165, 1.54) is 42.5 Å². The van der Waals surface area contributed by atoms with Gasteiger partial charge in [-0.2, -0.15) is 13.2 Å². The van der Waals surface area contributed by atoms with Crippen LogP contribution in [0, 0.1) is 11.6 Å². The van der Waals surface area contributed by atoms with E-state index in [-0.39, 0.29) is 17.1 Å². The van der Waals surface area contributed by atoms with Crippen LogP contribution in [0.25, 0.3) is 0 Å². The van der Waals surface area contributed by atoms with Crippen LogP contribution in [0.5, 0.6) is 0 Å². The molecule has 1 N–H and O–H groups in total. The van der Waals surface area contributed by atoms with Crippen LogP contribution in [0.2, 0.25) is 5.02 Å². The molecule has 1 unspecified atom stereocenters. The number of amides is 1. The lowest BCUT2D eigenvalue weighted by Gasteiger charge is -2.19. The number of benzene rings is 2. The number of halogens is 6. The highest BCUT2D eigenvalue weighted by atomic mass is 35.5. The highest BCUT2D eigenvalue weighted by molar-refractivity contribution is 6.33. The van der Waals surface area contributed by atoms with Crippen molar-refractivity contribution in [1.82, 2.24) is 10.3 Å². The zero-order valence-electron chi connectivity index (χ0n) is 15.2. The van der Waals surface area contributed by atoms with Crippen LogP contribution in [0.1, 0.15) is 33.1 Å². The fourth-order valence-corrected chi connectivity index (χ4v) is 3.15. The van der Waals surface area contributed by atoms with Gasteiger partial charge in [-0.15, -0.1) is 0 Å². The quantitative estimate of drug-likeness (QED) is 0.525. The van der Waals surface area contributed by atoms with Crippen molar-refractivity contribution >= 4 is 17.5 Å². The maximum Gasteiger partial charge on any atom is 0.433 e. The summed E-state index contributed by atoms with van der Waals surface area (Å²) in [5.74, 6) is -2.75. The van der Waals surface area contributed by atoms with Crippen LogP contribution in [-0.4, -0.2) is 17.4 Å². The summed E-state index contributed by atoms with van der Waals surface area (Å²) in [6.45, 7) is -0.109. The first-order valence-electron chi connectivity index (χ1n) is 8.67. The van der Waals surface area contributed by atoms with Gasteiger partial charge in [0.25, 0.3) is 5.91 Å². The van der Waals surface area contributed by atoms with E-state index in [9.17, 15) is 26.7 Å². The maximum atomic E-state index is 14.0. The molecule has 2 aromatic carbocycles. The summed E-state index contributed by atoms with van der Waals surface area (Å²) in [7, 11) is 0. The molecule has 1 amide bonds. The standard InChI is InChI=1S/C21H14ClF5N2O/c22-16-2-1-3-17(24)19(16)20(30)29-11-15(12-4-7-14(23)8-5-12)13-6-9-18(28-10-13)21(25,26)27/h1-10,15H,11H2,(H,29,30). The lowest BCUT2D eigenvalue weighted by molar-refractivity contribution is -0.141. The average Bonchev–Trinajstić information content (AvgIpc) is 2.69. The van der Waals surface area contributed by atoms with Crippen molar-refractivity contribution in [3.63, 3.8) is 0 Å². The van der Waals surface area contributed by atoms with Gasteiger partial charge in [-0.25, -0.2) is 8.78 Å². The van der Waals surface area contributed by atoms with Crippen molar-refractivity contribution in [2.75, 3.05) is 6.54 Å². The number of carbonyl (C=O) groups excluding carboxylic acids is 1. The van der Waals surface area contributed by atoms with Gasteiger partial charge >= 0.3 is 6.18 Å². The number of carbonyl (C=O) groups is 1. The molecule has 0 aliphatic rings. The highest BCUT2D eigenvalue weighted by Gasteiger charge is 2.32. The molecule has 0 bridgehead atoms. The molecule has 3 nitrogen and oxygen atoms in total.